The summed E-state index contributed by atoms with van der Waals surface area (Å²) in [6.45, 7) is 5.20. The second kappa shape index (κ2) is 13.1. The molecule has 3 aromatic carbocycles. The minimum absolute atomic E-state index is 0.0741. The van der Waals surface area contributed by atoms with Gasteiger partial charge in [-0.1, -0.05) is 60.7 Å². The summed E-state index contributed by atoms with van der Waals surface area (Å²) in [6, 6.07) is 26.7. The van der Waals surface area contributed by atoms with Crippen molar-refractivity contribution in [2.45, 2.75) is 20.4 Å². The number of benzene rings is 3. The molecule has 0 atom stereocenters. The molecule has 0 saturated heterocycles. The van der Waals surface area contributed by atoms with E-state index in [1.165, 1.54) is 33.0 Å². The van der Waals surface area contributed by atoms with E-state index in [-0.39, 0.29) is 12.3 Å². The molecule has 0 aliphatic rings. The van der Waals surface area contributed by atoms with E-state index in [0.29, 0.717) is 24.7 Å². The molecule has 6 rings (SSSR count). The Morgan fingerprint density at radius 2 is 1.48 bits per heavy atom. The maximum Gasteiger partial charge on any atom is 0.322 e. The van der Waals surface area contributed by atoms with Gasteiger partial charge in [0.25, 0.3) is 11.9 Å². The monoisotopic (exact) mass is 615 g/mol. The third-order valence-electron chi connectivity index (χ3n) is 7.97. The Morgan fingerprint density at radius 1 is 0.804 bits per heavy atom. The lowest BCUT2D eigenvalue weighted by Crippen LogP contribution is -2.29. The largest absolute Gasteiger partial charge is 0.480 e. The number of carboxylic acids is 1. The minimum Gasteiger partial charge on any atom is -0.480 e. The maximum absolute atomic E-state index is 12.2. The van der Waals surface area contributed by atoms with Gasteiger partial charge in [-0.25, -0.2) is 4.68 Å². The molecule has 11 nitrogen and oxygen atoms in total. The molecule has 232 valence electrons. The van der Waals surface area contributed by atoms with Crippen molar-refractivity contribution in [3.8, 4) is 39.3 Å². The number of carboxylic acid groups (broad SMARTS) is 1. The van der Waals surface area contributed by atoms with E-state index >= 15 is 0 Å². The molecule has 3 heterocycles. The first-order valence-electron chi connectivity index (χ1n) is 14.9. The number of fused-ring (bicyclic) bond motifs is 1. The zero-order valence-corrected chi connectivity index (χ0v) is 25.4. The van der Waals surface area contributed by atoms with Crippen LogP contribution >= 0.6 is 0 Å². The Kier molecular flexibility index (Phi) is 8.68. The molecule has 0 radical (unpaired) electrons. The summed E-state index contributed by atoms with van der Waals surface area (Å²) in [5, 5.41) is 36.2. The van der Waals surface area contributed by atoms with E-state index in [1.54, 1.807) is 10.6 Å². The quantitative estimate of drug-likeness (QED) is 0.157. The van der Waals surface area contributed by atoms with Crippen LogP contribution in [0.25, 0.3) is 45.0 Å². The highest BCUT2D eigenvalue weighted by Gasteiger charge is 2.17. The highest BCUT2D eigenvalue weighted by Crippen LogP contribution is 2.37. The number of aliphatic hydroxyl groups is 1. The Labute approximate surface area is 265 Å². The van der Waals surface area contributed by atoms with Crippen molar-refractivity contribution in [2.24, 2.45) is 0 Å². The number of rotatable bonds is 11. The average molecular weight is 616 g/mol. The molecule has 0 aliphatic carbocycles. The van der Waals surface area contributed by atoms with Gasteiger partial charge in [0.15, 0.2) is 11.3 Å². The fourth-order valence-electron chi connectivity index (χ4n) is 5.60. The molecule has 1 amide bonds. The van der Waals surface area contributed by atoms with E-state index in [4.69, 9.17) is 10.2 Å². The van der Waals surface area contributed by atoms with Crippen LogP contribution in [0.4, 0.5) is 0 Å². The molecule has 3 aromatic heterocycles. The summed E-state index contributed by atoms with van der Waals surface area (Å²) in [4.78, 5) is 23.0. The zero-order chi connectivity index (χ0) is 32.2. The fourth-order valence-corrected chi connectivity index (χ4v) is 5.60. The summed E-state index contributed by atoms with van der Waals surface area (Å²) < 4.78 is 3.20. The highest BCUT2D eigenvalue weighted by molar-refractivity contribution is 5.94. The van der Waals surface area contributed by atoms with Crippen LogP contribution in [0.2, 0.25) is 0 Å². The first-order chi connectivity index (χ1) is 22.3. The first-order valence-corrected chi connectivity index (χ1v) is 14.9. The number of hydrogen-bond donors (Lipinski definition) is 4. The second-order valence-electron chi connectivity index (χ2n) is 10.9. The molecule has 0 aliphatic heterocycles. The molecule has 0 saturated carbocycles. The number of nitrogens with one attached hydrogen (secondary N) is 2. The number of carbonyl (C=O) groups excluding carboxylic acids is 1. The summed E-state index contributed by atoms with van der Waals surface area (Å²) in [5.41, 5.74) is 10.9. The number of aliphatic carboxylic acids is 1. The van der Waals surface area contributed by atoms with Crippen LogP contribution in [0, 0.1) is 13.8 Å². The second-order valence-corrected chi connectivity index (χ2v) is 10.9. The topological polar surface area (TPSA) is 147 Å². The Balaban J connectivity index is 1.28. The standard InChI is InChI=1S/C35H33N7O4/c1-22-27(25-11-9-24(10-12-25)20-36-15-18-43)5-3-7-29(22)30-8-4-6-28(23(30)2)26-13-16-41-32(19-26)38-39-35(41)42-17-14-31(40-42)34(46)37-21-33(44)45/h3-14,16-17,19,36,43H,15,18,20-21H2,1-2H3,(H,37,46)(H,44,45). The van der Waals surface area contributed by atoms with Crippen molar-refractivity contribution in [3.63, 3.8) is 0 Å². The zero-order valence-electron chi connectivity index (χ0n) is 25.4. The normalized spacial score (nSPS) is 11.2. The summed E-state index contributed by atoms with van der Waals surface area (Å²) in [6.07, 6.45) is 3.45. The van der Waals surface area contributed by atoms with Gasteiger partial charge in [-0.15, -0.1) is 10.2 Å². The third-order valence-corrected chi connectivity index (χ3v) is 7.97. The smallest absolute Gasteiger partial charge is 0.322 e. The molecule has 46 heavy (non-hydrogen) atoms. The molecular weight excluding hydrogens is 582 g/mol. The van der Waals surface area contributed by atoms with Crippen LogP contribution in [-0.4, -0.2) is 66.2 Å². The predicted molar refractivity (Wildman–Crippen MR) is 175 cm³/mol. The van der Waals surface area contributed by atoms with Crippen molar-refractivity contribution in [3.05, 3.63) is 114 Å². The number of aliphatic hydroxyl groups excluding tert-OH is 1. The Bertz CT molecular complexity index is 2050. The minimum atomic E-state index is -1.14. The third kappa shape index (κ3) is 6.14. The fraction of sp³-hybridized carbons (Fsp3) is 0.171. The van der Waals surface area contributed by atoms with Crippen LogP contribution in [0.1, 0.15) is 27.2 Å². The molecule has 11 heteroatoms. The van der Waals surface area contributed by atoms with Gasteiger partial charge in [0.05, 0.1) is 6.61 Å². The van der Waals surface area contributed by atoms with Gasteiger partial charge in [0.2, 0.25) is 0 Å². The van der Waals surface area contributed by atoms with E-state index in [9.17, 15) is 9.59 Å². The number of nitrogens with zero attached hydrogens (tertiary/aromatic N) is 5. The molecule has 6 aromatic rings. The summed E-state index contributed by atoms with van der Waals surface area (Å²) in [7, 11) is 0. The van der Waals surface area contributed by atoms with Crippen molar-refractivity contribution >= 4 is 17.5 Å². The van der Waals surface area contributed by atoms with Gasteiger partial charge in [-0.05, 0) is 82.1 Å². The van der Waals surface area contributed by atoms with Gasteiger partial charge < -0.3 is 20.8 Å². The first kappa shape index (κ1) is 30.4. The molecule has 0 fully saturated rings. The maximum atomic E-state index is 12.2. The van der Waals surface area contributed by atoms with Gasteiger partial charge in [0.1, 0.15) is 6.54 Å². The van der Waals surface area contributed by atoms with Crippen LogP contribution < -0.4 is 10.6 Å². The predicted octanol–water partition coefficient (Wildman–Crippen LogP) is 4.43. The van der Waals surface area contributed by atoms with E-state index < -0.39 is 18.4 Å². The number of hydrogen-bond acceptors (Lipinski definition) is 7. The van der Waals surface area contributed by atoms with Crippen LogP contribution in [0.3, 0.4) is 0 Å². The number of carbonyl (C=O) groups is 2. The van der Waals surface area contributed by atoms with Gasteiger partial charge in [-0.3, -0.25) is 14.0 Å². The SMILES string of the molecule is Cc1c(-c2ccc(CNCCO)cc2)cccc1-c1cccc(-c2ccn3c(-n4ccc(C(=O)NCC(=O)O)n4)nnc3c2)c1C. The number of aromatic nitrogens is 5. The lowest BCUT2D eigenvalue weighted by atomic mass is 9.88. The molecule has 0 spiro atoms. The Morgan fingerprint density at radius 3 is 2.15 bits per heavy atom. The van der Waals surface area contributed by atoms with Crippen molar-refractivity contribution in [1.82, 2.24) is 35.0 Å². The van der Waals surface area contributed by atoms with Crippen LogP contribution in [0.5, 0.6) is 0 Å². The molecule has 0 bridgehead atoms. The Hall–Kier alpha value is -5.65. The van der Waals surface area contributed by atoms with E-state index in [2.05, 4.69) is 100 Å². The van der Waals surface area contributed by atoms with Crippen molar-refractivity contribution in [2.75, 3.05) is 19.7 Å². The molecule has 4 N–H and O–H groups in total. The van der Waals surface area contributed by atoms with Gasteiger partial charge in [-0.2, -0.15) is 5.10 Å². The van der Waals surface area contributed by atoms with Gasteiger partial charge in [0, 0.05) is 25.5 Å². The van der Waals surface area contributed by atoms with Crippen LogP contribution in [0.15, 0.2) is 91.3 Å². The van der Waals surface area contributed by atoms with E-state index in [1.807, 2.05) is 18.3 Å². The lowest BCUT2D eigenvalue weighted by molar-refractivity contribution is -0.135. The molecular formula is C35H33N7O4. The highest BCUT2D eigenvalue weighted by atomic mass is 16.4. The van der Waals surface area contributed by atoms with Crippen molar-refractivity contribution in [1.29, 1.82) is 0 Å². The van der Waals surface area contributed by atoms with Gasteiger partial charge >= 0.3 is 5.97 Å². The number of pyridine rings is 1. The summed E-state index contributed by atoms with van der Waals surface area (Å²) in [5.74, 6) is -1.33. The number of amides is 1. The lowest BCUT2D eigenvalue weighted by Gasteiger charge is -2.17. The molecule has 0 unspecified atom stereocenters. The van der Waals surface area contributed by atoms with E-state index in [0.717, 1.165) is 27.8 Å². The van der Waals surface area contributed by atoms with Crippen LogP contribution in [-0.2, 0) is 11.3 Å². The summed E-state index contributed by atoms with van der Waals surface area (Å²) >= 11 is 0. The van der Waals surface area contributed by atoms with Crippen molar-refractivity contribution < 1.29 is 19.8 Å². The average Bonchev–Trinajstić information content (AvgIpc) is 3.72.